The molecule has 3 aromatic rings. The molecule has 0 saturated heterocycles. The zero-order valence-corrected chi connectivity index (χ0v) is 15.3. The number of aromatic nitrogens is 2. The van der Waals surface area contributed by atoms with Crippen LogP contribution in [0.2, 0.25) is 0 Å². The zero-order chi connectivity index (χ0) is 18.2. The van der Waals surface area contributed by atoms with Crippen LogP contribution in [-0.2, 0) is 4.79 Å². The molecule has 0 spiro atoms. The number of rotatable bonds is 7. The molecule has 0 aliphatic rings. The Bertz CT molecular complexity index is 893. The van der Waals surface area contributed by atoms with Crippen molar-refractivity contribution in [1.29, 1.82) is 5.26 Å². The van der Waals surface area contributed by atoms with Crippen LogP contribution in [0.15, 0.2) is 65.0 Å². The van der Waals surface area contributed by atoms with Crippen LogP contribution in [0, 0.1) is 11.3 Å². The lowest BCUT2D eigenvalue weighted by atomic mass is 10.3. The van der Waals surface area contributed by atoms with Crippen molar-refractivity contribution >= 4 is 45.5 Å². The molecule has 0 unspecified atom stereocenters. The summed E-state index contributed by atoms with van der Waals surface area (Å²) in [6.07, 6.45) is 0. The van der Waals surface area contributed by atoms with E-state index in [1.807, 2.05) is 66.7 Å². The average Bonchev–Trinajstić information content (AvgIpc) is 3.13. The third-order valence-corrected chi connectivity index (χ3v) is 5.31. The quantitative estimate of drug-likeness (QED) is 0.493. The van der Waals surface area contributed by atoms with Gasteiger partial charge in [-0.15, -0.1) is 10.2 Å². The maximum Gasteiger partial charge on any atom is 0.238 e. The number of hydrogen-bond acceptors (Lipinski definition) is 7. The smallest absolute Gasteiger partial charge is 0.238 e. The Hall–Kier alpha value is -2.89. The highest BCUT2D eigenvalue weighted by molar-refractivity contribution is 8.01. The summed E-state index contributed by atoms with van der Waals surface area (Å²) in [6.45, 7) is 0.0142. The highest BCUT2D eigenvalue weighted by Crippen LogP contribution is 2.28. The number of nitriles is 1. The van der Waals surface area contributed by atoms with Gasteiger partial charge in [0.25, 0.3) is 0 Å². The lowest BCUT2D eigenvalue weighted by molar-refractivity contribution is -0.116. The molecule has 0 fully saturated rings. The van der Waals surface area contributed by atoms with Crippen molar-refractivity contribution in [2.75, 3.05) is 22.5 Å². The van der Waals surface area contributed by atoms with Gasteiger partial charge in [0.05, 0.1) is 11.8 Å². The molecule has 1 heterocycles. The normalized spacial score (nSPS) is 10.1. The number of benzene rings is 2. The predicted octanol–water partition coefficient (Wildman–Crippen LogP) is 3.93. The monoisotopic (exact) mass is 381 g/mol. The highest BCUT2D eigenvalue weighted by atomic mass is 32.2. The van der Waals surface area contributed by atoms with Crippen molar-refractivity contribution in [1.82, 2.24) is 10.2 Å². The fourth-order valence-electron chi connectivity index (χ4n) is 2.17. The first-order valence-corrected chi connectivity index (χ1v) is 9.57. The maximum absolute atomic E-state index is 12.5. The van der Waals surface area contributed by atoms with E-state index in [9.17, 15) is 4.79 Å². The second-order valence-corrected chi connectivity index (χ2v) is 7.33. The lowest BCUT2D eigenvalue weighted by Gasteiger charge is -2.19. The molecule has 0 bridgehead atoms. The third-order valence-electron chi connectivity index (χ3n) is 3.35. The van der Waals surface area contributed by atoms with Gasteiger partial charge in [-0.05, 0) is 24.3 Å². The van der Waals surface area contributed by atoms with Crippen LogP contribution >= 0.6 is 23.1 Å². The van der Waals surface area contributed by atoms with Crippen molar-refractivity contribution in [2.24, 2.45) is 0 Å². The van der Waals surface area contributed by atoms with E-state index in [1.165, 1.54) is 28.0 Å². The molecule has 2 aromatic carbocycles. The number of hydrogen-bond donors (Lipinski definition) is 1. The molecular weight excluding hydrogens is 366 g/mol. The van der Waals surface area contributed by atoms with Gasteiger partial charge in [-0.2, -0.15) is 5.26 Å². The number of thioether (sulfide) groups is 1. The van der Waals surface area contributed by atoms with Crippen LogP contribution in [-0.4, -0.2) is 28.4 Å². The minimum atomic E-state index is -0.143. The molecule has 0 aliphatic carbocycles. The number of anilines is 3. The van der Waals surface area contributed by atoms with Crippen LogP contribution in [0.1, 0.15) is 0 Å². The minimum absolute atomic E-state index is 0.0142. The van der Waals surface area contributed by atoms with Gasteiger partial charge in [-0.3, -0.25) is 9.69 Å². The standard InChI is InChI=1S/C18H15N5OS2/c19-11-12-23(15-9-5-2-6-10-15)16(24)13-25-18-22-21-17(26-18)20-14-7-3-1-4-8-14/h1-10H,12-13H2,(H,20,21). The Labute approximate surface area is 159 Å². The van der Waals surface area contributed by atoms with Crippen LogP contribution < -0.4 is 10.2 Å². The lowest BCUT2D eigenvalue weighted by Crippen LogP contribution is -2.32. The molecule has 1 amide bonds. The van der Waals surface area contributed by atoms with E-state index in [-0.39, 0.29) is 18.2 Å². The van der Waals surface area contributed by atoms with E-state index in [1.54, 1.807) is 0 Å². The van der Waals surface area contributed by atoms with Crippen molar-refractivity contribution in [3.8, 4) is 6.07 Å². The number of para-hydroxylation sites is 2. The van der Waals surface area contributed by atoms with Crippen LogP contribution in [0.4, 0.5) is 16.5 Å². The number of carbonyl (C=O) groups is 1. The van der Waals surface area contributed by atoms with Gasteiger partial charge in [0.15, 0.2) is 4.34 Å². The van der Waals surface area contributed by atoms with Gasteiger partial charge in [0, 0.05) is 11.4 Å². The summed E-state index contributed by atoms with van der Waals surface area (Å²) in [7, 11) is 0. The largest absolute Gasteiger partial charge is 0.330 e. The predicted molar refractivity (Wildman–Crippen MR) is 105 cm³/mol. The summed E-state index contributed by atoms with van der Waals surface area (Å²) in [4.78, 5) is 14.0. The average molecular weight is 381 g/mol. The van der Waals surface area contributed by atoms with E-state index in [0.29, 0.717) is 15.2 Å². The van der Waals surface area contributed by atoms with Gasteiger partial charge >= 0.3 is 0 Å². The SMILES string of the molecule is N#CCN(C(=O)CSc1nnc(Nc2ccccc2)s1)c1ccccc1. The first-order chi connectivity index (χ1) is 12.8. The van der Waals surface area contributed by atoms with Crippen molar-refractivity contribution in [2.45, 2.75) is 4.34 Å². The first kappa shape index (κ1) is 17.9. The van der Waals surface area contributed by atoms with Crippen LogP contribution in [0.5, 0.6) is 0 Å². The summed E-state index contributed by atoms with van der Waals surface area (Å²) in [5.41, 5.74) is 1.64. The number of carbonyl (C=O) groups excluding carboxylic acids is 1. The topological polar surface area (TPSA) is 81.9 Å². The van der Waals surface area contributed by atoms with E-state index in [0.717, 1.165) is 5.69 Å². The molecule has 3 rings (SSSR count). The number of nitrogens with one attached hydrogen (secondary N) is 1. The van der Waals surface area contributed by atoms with Gasteiger partial charge in [0.1, 0.15) is 6.54 Å². The molecule has 0 radical (unpaired) electrons. The molecular formula is C18H15N5OS2. The summed E-state index contributed by atoms with van der Waals surface area (Å²) in [5.74, 6) is 0.0480. The molecule has 8 heteroatoms. The van der Waals surface area contributed by atoms with Gasteiger partial charge < -0.3 is 5.32 Å². The Morgan fingerprint density at radius 1 is 1.12 bits per heavy atom. The van der Waals surface area contributed by atoms with E-state index < -0.39 is 0 Å². The molecule has 0 saturated carbocycles. The molecule has 0 atom stereocenters. The highest BCUT2D eigenvalue weighted by Gasteiger charge is 2.16. The van der Waals surface area contributed by atoms with Crippen molar-refractivity contribution < 1.29 is 4.79 Å². The Morgan fingerprint density at radius 2 is 1.81 bits per heavy atom. The van der Waals surface area contributed by atoms with Gasteiger partial charge in [0.2, 0.25) is 11.0 Å². The third kappa shape index (κ3) is 4.81. The van der Waals surface area contributed by atoms with Crippen molar-refractivity contribution in [3.63, 3.8) is 0 Å². The van der Waals surface area contributed by atoms with Gasteiger partial charge in [-0.25, -0.2) is 0 Å². The Kier molecular flexibility index (Phi) is 6.19. The Morgan fingerprint density at radius 3 is 2.50 bits per heavy atom. The summed E-state index contributed by atoms with van der Waals surface area (Å²) in [6, 6.07) is 20.9. The van der Waals surface area contributed by atoms with E-state index in [2.05, 4.69) is 15.5 Å². The summed E-state index contributed by atoms with van der Waals surface area (Å²) < 4.78 is 0.696. The summed E-state index contributed by atoms with van der Waals surface area (Å²) >= 11 is 2.70. The van der Waals surface area contributed by atoms with Crippen LogP contribution in [0.3, 0.4) is 0 Å². The number of amides is 1. The zero-order valence-electron chi connectivity index (χ0n) is 13.7. The Balaban J connectivity index is 1.59. The second kappa shape index (κ2) is 8.99. The molecule has 6 nitrogen and oxygen atoms in total. The molecule has 1 N–H and O–H groups in total. The van der Waals surface area contributed by atoms with Crippen LogP contribution in [0.25, 0.3) is 0 Å². The molecule has 26 heavy (non-hydrogen) atoms. The summed E-state index contributed by atoms with van der Waals surface area (Å²) in [5, 5.41) is 21.0. The minimum Gasteiger partial charge on any atom is -0.330 e. The fraction of sp³-hybridized carbons (Fsp3) is 0.111. The fourth-order valence-corrected chi connectivity index (χ4v) is 3.82. The maximum atomic E-state index is 12.5. The first-order valence-electron chi connectivity index (χ1n) is 7.77. The van der Waals surface area contributed by atoms with Crippen molar-refractivity contribution in [3.05, 3.63) is 60.7 Å². The van der Waals surface area contributed by atoms with E-state index in [4.69, 9.17) is 5.26 Å². The number of nitrogens with zero attached hydrogens (tertiary/aromatic N) is 4. The molecule has 0 aliphatic heterocycles. The second-order valence-electron chi connectivity index (χ2n) is 5.13. The van der Waals surface area contributed by atoms with E-state index >= 15 is 0 Å². The van der Waals surface area contributed by atoms with Gasteiger partial charge in [-0.1, -0.05) is 59.5 Å². The molecule has 130 valence electrons. The molecule has 1 aromatic heterocycles.